The highest BCUT2D eigenvalue weighted by molar-refractivity contribution is 7.93. The fourth-order valence-corrected chi connectivity index (χ4v) is 3.35. The fourth-order valence-electron chi connectivity index (χ4n) is 1.42. The van der Waals surface area contributed by atoms with Crippen molar-refractivity contribution in [3.05, 3.63) is 23.2 Å². The van der Waals surface area contributed by atoms with Crippen LogP contribution in [0.25, 0.3) is 0 Å². The molecule has 1 rings (SSSR count). The number of carbonyl (C=O) groups excluding carboxylic acids is 2. The summed E-state index contributed by atoms with van der Waals surface area (Å²) in [7, 11) is -2.80. The minimum absolute atomic E-state index is 0.0582. The van der Waals surface area contributed by atoms with Gasteiger partial charge in [0.25, 0.3) is 0 Å². The Morgan fingerprint density at radius 2 is 1.95 bits per heavy atom. The summed E-state index contributed by atoms with van der Waals surface area (Å²) >= 11 is 5.83. The van der Waals surface area contributed by atoms with Crippen molar-refractivity contribution in [3.8, 4) is 0 Å². The minimum Gasteiger partial charge on any atom is -0.398 e. The number of anilines is 1. The predicted octanol–water partition coefficient (Wildman–Crippen LogP) is 0.540. The summed E-state index contributed by atoms with van der Waals surface area (Å²) in [6.45, 7) is 1.15. The molecular formula is C11H14ClN3O4S. The van der Waals surface area contributed by atoms with Crippen molar-refractivity contribution in [1.82, 2.24) is 10.6 Å². The van der Waals surface area contributed by atoms with Crippen molar-refractivity contribution in [2.75, 3.05) is 12.8 Å². The van der Waals surface area contributed by atoms with E-state index in [2.05, 4.69) is 5.32 Å². The van der Waals surface area contributed by atoms with Gasteiger partial charge in [-0.05, 0) is 19.1 Å². The van der Waals surface area contributed by atoms with Gasteiger partial charge in [0.1, 0.15) is 10.1 Å². The molecule has 1 aromatic rings. The molecule has 1 atom stereocenters. The number of hydrogen-bond donors (Lipinski definition) is 3. The largest absolute Gasteiger partial charge is 0.398 e. The molecule has 0 spiro atoms. The lowest BCUT2D eigenvalue weighted by Crippen LogP contribution is -2.44. The zero-order chi connectivity index (χ0) is 15.5. The molecule has 0 aliphatic heterocycles. The smallest absolute Gasteiger partial charge is 0.321 e. The van der Waals surface area contributed by atoms with E-state index in [1.54, 1.807) is 0 Å². The van der Waals surface area contributed by atoms with Crippen molar-refractivity contribution in [1.29, 1.82) is 0 Å². The van der Waals surface area contributed by atoms with Crippen molar-refractivity contribution < 1.29 is 18.0 Å². The van der Waals surface area contributed by atoms with E-state index in [-0.39, 0.29) is 15.6 Å². The summed E-state index contributed by atoms with van der Waals surface area (Å²) in [6.07, 6.45) is 0. The molecule has 0 aliphatic carbocycles. The Labute approximate surface area is 121 Å². The highest BCUT2D eigenvalue weighted by Gasteiger charge is 2.33. The summed E-state index contributed by atoms with van der Waals surface area (Å²) in [5.41, 5.74) is 5.54. The molecule has 110 valence electrons. The molecule has 7 nitrogen and oxygen atoms in total. The number of imide groups is 1. The van der Waals surface area contributed by atoms with Crippen LogP contribution >= 0.6 is 11.6 Å². The third kappa shape index (κ3) is 3.20. The molecular weight excluding hydrogens is 306 g/mol. The summed E-state index contributed by atoms with van der Waals surface area (Å²) in [4.78, 5) is 22.4. The lowest BCUT2D eigenvalue weighted by Gasteiger charge is -2.15. The first-order chi connectivity index (χ1) is 9.21. The van der Waals surface area contributed by atoms with Crippen LogP contribution < -0.4 is 16.4 Å². The molecule has 3 amide bonds. The Hall–Kier alpha value is -1.80. The van der Waals surface area contributed by atoms with Crippen molar-refractivity contribution >= 4 is 39.1 Å². The number of nitrogens with one attached hydrogen (secondary N) is 2. The Morgan fingerprint density at radius 3 is 2.45 bits per heavy atom. The zero-order valence-electron chi connectivity index (χ0n) is 10.8. The lowest BCUT2D eigenvalue weighted by molar-refractivity contribution is -0.119. The second-order valence-electron chi connectivity index (χ2n) is 3.91. The number of nitrogens with two attached hydrogens (primary N) is 1. The Morgan fingerprint density at radius 1 is 1.35 bits per heavy atom. The van der Waals surface area contributed by atoms with Gasteiger partial charge in [0.15, 0.2) is 9.84 Å². The number of nitrogen functional groups attached to an aromatic ring is 1. The van der Waals surface area contributed by atoms with Gasteiger partial charge < -0.3 is 11.1 Å². The standard InChI is InChI=1S/C11H14ClN3O4S/c1-6(10(16)15-11(17)14-2)20(18,19)9-7(12)4-3-5-8(9)13/h3-6H,13H2,1-2H3,(H2,14,15,16,17). The number of carbonyl (C=O) groups is 2. The molecule has 0 aromatic heterocycles. The van der Waals surface area contributed by atoms with Gasteiger partial charge in [-0.2, -0.15) is 0 Å². The number of amides is 3. The Bertz CT molecular complexity index is 625. The molecule has 0 fully saturated rings. The number of sulfone groups is 1. The lowest BCUT2D eigenvalue weighted by atomic mass is 10.3. The molecule has 9 heteroatoms. The van der Waals surface area contributed by atoms with Crippen molar-refractivity contribution in [2.24, 2.45) is 0 Å². The maximum absolute atomic E-state index is 12.3. The van der Waals surface area contributed by atoms with Crippen molar-refractivity contribution in [2.45, 2.75) is 17.1 Å². The van der Waals surface area contributed by atoms with Gasteiger partial charge in [0, 0.05) is 7.05 Å². The molecule has 0 aliphatic rings. The number of hydrogen-bond acceptors (Lipinski definition) is 5. The molecule has 0 heterocycles. The number of benzene rings is 1. The first-order valence-corrected chi connectivity index (χ1v) is 7.44. The van der Waals surface area contributed by atoms with Gasteiger partial charge in [0.05, 0.1) is 10.7 Å². The predicted molar refractivity (Wildman–Crippen MR) is 75.1 cm³/mol. The molecule has 20 heavy (non-hydrogen) atoms. The van der Waals surface area contributed by atoms with E-state index in [0.717, 1.165) is 6.92 Å². The van der Waals surface area contributed by atoms with Gasteiger partial charge in [-0.3, -0.25) is 10.1 Å². The number of rotatable bonds is 3. The van der Waals surface area contributed by atoms with Gasteiger partial charge in [-0.25, -0.2) is 13.2 Å². The van der Waals surface area contributed by atoms with E-state index in [1.165, 1.54) is 25.2 Å². The van der Waals surface area contributed by atoms with E-state index >= 15 is 0 Å². The average molecular weight is 320 g/mol. The second-order valence-corrected chi connectivity index (χ2v) is 6.53. The van der Waals surface area contributed by atoms with Crippen LogP contribution in [-0.4, -0.2) is 32.7 Å². The maximum atomic E-state index is 12.3. The molecule has 4 N–H and O–H groups in total. The summed E-state index contributed by atoms with van der Waals surface area (Å²) in [6, 6.07) is 3.41. The molecule has 0 saturated heterocycles. The van der Waals surface area contributed by atoms with Gasteiger partial charge in [-0.1, -0.05) is 17.7 Å². The zero-order valence-corrected chi connectivity index (χ0v) is 12.4. The quantitative estimate of drug-likeness (QED) is 0.703. The van der Waals surface area contributed by atoms with Crippen LogP contribution in [0.3, 0.4) is 0 Å². The SMILES string of the molecule is CNC(=O)NC(=O)C(C)S(=O)(=O)c1c(N)cccc1Cl. The highest BCUT2D eigenvalue weighted by Crippen LogP contribution is 2.30. The van der Waals surface area contributed by atoms with Crippen LogP contribution in [0, 0.1) is 0 Å². The van der Waals surface area contributed by atoms with Crippen LogP contribution in [0.4, 0.5) is 10.5 Å². The molecule has 0 radical (unpaired) electrons. The third-order valence-corrected chi connectivity index (χ3v) is 5.18. The molecule has 1 unspecified atom stereocenters. The number of halogens is 1. The van der Waals surface area contributed by atoms with Gasteiger partial charge in [0.2, 0.25) is 5.91 Å². The second kappa shape index (κ2) is 6.10. The van der Waals surface area contributed by atoms with Crippen LogP contribution in [0.15, 0.2) is 23.1 Å². The van der Waals surface area contributed by atoms with Crippen LogP contribution in [-0.2, 0) is 14.6 Å². The van der Waals surface area contributed by atoms with Gasteiger partial charge >= 0.3 is 6.03 Å². The van der Waals surface area contributed by atoms with Crippen LogP contribution in [0.2, 0.25) is 5.02 Å². The maximum Gasteiger partial charge on any atom is 0.321 e. The molecule has 1 aromatic carbocycles. The van der Waals surface area contributed by atoms with Crippen LogP contribution in [0.1, 0.15) is 6.92 Å². The van der Waals surface area contributed by atoms with E-state index in [4.69, 9.17) is 17.3 Å². The van der Waals surface area contributed by atoms with E-state index in [0.29, 0.717) is 0 Å². The molecule has 0 bridgehead atoms. The normalized spacial score (nSPS) is 12.6. The van der Waals surface area contributed by atoms with E-state index in [1.807, 2.05) is 5.32 Å². The topological polar surface area (TPSA) is 118 Å². The third-order valence-electron chi connectivity index (χ3n) is 2.58. The van der Waals surface area contributed by atoms with E-state index < -0.39 is 27.0 Å². The first-order valence-electron chi connectivity index (χ1n) is 5.52. The summed E-state index contributed by atoms with van der Waals surface area (Å²) in [5.74, 6) is -0.969. The summed E-state index contributed by atoms with van der Waals surface area (Å²) < 4.78 is 24.7. The first kappa shape index (κ1) is 16.3. The molecule has 0 saturated carbocycles. The number of urea groups is 1. The average Bonchev–Trinajstić information content (AvgIpc) is 2.36. The van der Waals surface area contributed by atoms with E-state index in [9.17, 15) is 18.0 Å². The van der Waals surface area contributed by atoms with Crippen molar-refractivity contribution in [3.63, 3.8) is 0 Å². The monoisotopic (exact) mass is 319 g/mol. The van der Waals surface area contributed by atoms with Crippen LogP contribution in [0.5, 0.6) is 0 Å². The highest BCUT2D eigenvalue weighted by atomic mass is 35.5. The summed E-state index contributed by atoms with van der Waals surface area (Å²) in [5, 5.41) is 2.45. The minimum atomic E-state index is -4.10. The fraction of sp³-hybridized carbons (Fsp3) is 0.273. The Kier molecular flexibility index (Phi) is 4.96. The van der Waals surface area contributed by atoms with Gasteiger partial charge in [-0.15, -0.1) is 0 Å². The Balaban J connectivity index is 3.17.